The molecule has 0 aromatic rings. The largest absolute Gasteiger partial charge is 0.383 e. The van der Waals surface area contributed by atoms with Crippen molar-refractivity contribution in [1.29, 1.82) is 0 Å². The van der Waals surface area contributed by atoms with Gasteiger partial charge in [-0.3, -0.25) is 4.79 Å². The van der Waals surface area contributed by atoms with Crippen LogP contribution in [0.1, 0.15) is 39.0 Å². The zero-order valence-corrected chi connectivity index (χ0v) is 13.8. The molecule has 20 heavy (non-hydrogen) atoms. The van der Waals surface area contributed by atoms with Crippen LogP contribution >= 0.6 is 11.8 Å². The number of carbonyl (C=O) groups excluding carboxylic acids is 1. The Morgan fingerprint density at radius 3 is 2.85 bits per heavy atom. The molecule has 0 saturated carbocycles. The molecule has 0 aliphatic carbocycles. The molecule has 0 radical (unpaired) electrons. The van der Waals surface area contributed by atoms with E-state index in [0.717, 1.165) is 44.5 Å². The van der Waals surface area contributed by atoms with Crippen molar-refractivity contribution in [1.82, 2.24) is 4.90 Å². The molecule has 1 aliphatic heterocycles. The molecule has 0 aromatic heterocycles. The number of nitrogens with zero attached hydrogens (tertiary/aromatic N) is 1. The Morgan fingerprint density at radius 1 is 1.50 bits per heavy atom. The average Bonchev–Trinajstić information content (AvgIpc) is 2.97. The molecule has 1 fully saturated rings. The minimum absolute atomic E-state index is 0.296. The average molecular weight is 302 g/mol. The molecule has 0 bridgehead atoms. The predicted molar refractivity (Wildman–Crippen MR) is 86.0 cm³/mol. The smallest absolute Gasteiger partial charge is 0.222 e. The van der Waals surface area contributed by atoms with E-state index in [1.165, 1.54) is 5.75 Å². The molecule has 2 atom stereocenters. The van der Waals surface area contributed by atoms with Crippen molar-refractivity contribution in [2.75, 3.05) is 38.3 Å². The fourth-order valence-corrected chi connectivity index (χ4v) is 3.95. The molecular formula is C15H30N2O2S. The van der Waals surface area contributed by atoms with E-state index >= 15 is 0 Å². The minimum Gasteiger partial charge on any atom is -0.383 e. The van der Waals surface area contributed by atoms with Gasteiger partial charge in [-0.1, -0.05) is 13.3 Å². The predicted octanol–water partition coefficient (Wildman–Crippen LogP) is 2.12. The van der Waals surface area contributed by atoms with Crippen LogP contribution in [0, 0.1) is 5.92 Å². The van der Waals surface area contributed by atoms with Gasteiger partial charge in [0.1, 0.15) is 0 Å². The molecule has 1 rings (SSSR count). The lowest BCUT2D eigenvalue weighted by atomic mass is 9.96. The van der Waals surface area contributed by atoms with Crippen LogP contribution in [0.5, 0.6) is 0 Å². The van der Waals surface area contributed by atoms with Crippen molar-refractivity contribution in [2.24, 2.45) is 11.7 Å². The van der Waals surface area contributed by atoms with Crippen molar-refractivity contribution < 1.29 is 9.53 Å². The van der Waals surface area contributed by atoms with Gasteiger partial charge < -0.3 is 15.4 Å². The summed E-state index contributed by atoms with van der Waals surface area (Å²) in [6.07, 6.45) is 4.89. The zero-order chi connectivity index (χ0) is 14.8. The van der Waals surface area contributed by atoms with Crippen LogP contribution in [-0.4, -0.2) is 55.2 Å². The van der Waals surface area contributed by atoms with Crippen molar-refractivity contribution in [3.8, 4) is 0 Å². The minimum atomic E-state index is 0.296. The fourth-order valence-electron chi connectivity index (χ4n) is 2.73. The lowest BCUT2D eigenvalue weighted by Crippen LogP contribution is -2.42. The SMILES string of the molecule is CCC(CCN)CCC(=O)N(CCOC)C1CCSC1. The number of nitrogens with two attached hydrogens (primary N) is 1. The normalized spacial score (nSPS) is 20.1. The van der Waals surface area contributed by atoms with Crippen LogP contribution in [0.4, 0.5) is 0 Å². The molecule has 0 spiro atoms. The number of hydrogen-bond donors (Lipinski definition) is 1. The highest BCUT2D eigenvalue weighted by Crippen LogP contribution is 2.24. The van der Waals surface area contributed by atoms with Crippen LogP contribution in [0.2, 0.25) is 0 Å². The molecule has 1 heterocycles. The Labute approximate surface area is 127 Å². The van der Waals surface area contributed by atoms with Crippen molar-refractivity contribution in [3.05, 3.63) is 0 Å². The van der Waals surface area contributed by atoms with Crippen molar-refractivity contribution in [2.45, 2.75) is 45.1 Å². The second-order valence-corrected chi connectivity index (χ2v) is 6.64. The van der Waals surface area contributed by atoms with Crippen LogP contribution in [-0.2, 0) is 9.53 Å². The Balaban J connectivity index is 2.45. The first kappa shape index (κ1) is 17.8. The highest BCUT2D eigenvalue weighted by atomic mass is 32.2. The monoisotopic (exact) mass is 302 g/mol. The van der Waals surface area contributed by atoms with Crippen LogP contribution < -0.4 is 5.73 Å². The van der Waals surface area contributed by atoms with Gasteiger partial charge in [0.25, 0.3) is 0 Å². The molecule has 118 valence electrons. The molecule has 1 aliphatic rings. The standard InChI is InChI=1S/C15H30N2O2S/c1-3-13(6-8-16)4-5-15(18)17(9-10-19-2)14-7-11-20-12-14/h13-14H,3-12,16H2,1-2H3. The Morgan fingerprint density at radius 2 is 2.30 bits per heavy atom. The number of ether oxygens (including phenoxy) is 1. The highest BCUT2D eigenvalue weighted by molar-refractivity contribution is 7.99. The third kappa shape index (κ3) is 6.02. The van der Waals surface area contributed by atoms with E-state index in [0.29, 0.717) is 30.9 Å². The maximum Gasteiger partial charge on any atom is 0.222 e. The van der Waals surface area contributed by atoms with Gasteiger partial charge in [0, 0.05) is 31.9 Å². The van der Waals surface area contributed by atoms with Gasteiger partial charge in [-0.25, -0.2) is 0 Å². The van der Waals surface area contributed by atoms with Gasteiger partial charge in [0.05, 0.1) is 6.61 Å². The molecule has 4 nitrogen and oxygen atoms in total. The zero-order valence-electron chi connectivity index (χ0n) is 13.0. The Hall–Kier alpha value is -0.260. The Kier molecular flexibility index (Phi) is 9.31. The van der Waals surface area contributed by atoms with Gasteiger partial charge in [0.15, 0.2) is 0 Å². The summed E-state index contributed by atoms with van der Waals surface area (Å²) in [7, 11) is 1.69. The number of thioether (sulfide) groups is 1. The summed E-state index contributed by atoms with van der Waals surface area (Å²) in [6, 6.07) is 0.414. The summed E-state index contributed by atoms with van der Waals surface area (Å²) < 4.78 is 5.15. The fraction of sp³-hybridized carbons (Fsp3) is 0.933. The first-order valence-electron chi connectivity index (χ1n) is 7.79. The molecule has 1 amide bonds. The quantitative estimate of drug-likeness (QED) is 0.671. The summed E-state index contributed by atoms with van der Waals surface area (Å²) >= 11 is 1.95. The number of hydrogen-bond acceptors (Lipinski definition) is 4. The second kappa shape index (κ2) is 10.5. The summed E-state index contributed by atoms with van der Waals surface area (Å²) in [5.74, 6) is 3.14. The topological polar surface area (TPSA) is 55.6 Å². The van der Waals surface area contributed by atoms with Gasteiger partial charge in [0.2, 0.25) is 5.91 Å². The molecule has 2 unspecified atom stereocenters. The third-order valence-corrected chi connectivity index (χ3v) is 5.27. The van der Waals surface area contributed by atoms with E-state index in [1.54, 1.807) is 7.11 Å². The maximum atomic E-state index is 12.5. The van der Waals surface area contributed by atoms with Gasteiger partial charge >= 0.3 is 0 Å². The van der Waals surface area contributed by atoms with E-state index in [2.05, 4.69) is 11.8 Å². The lowest BCUT2D eigenvalue weighted by molar-refractivity contribution is -0.134. The lowest BCUT2D eigenvalue weighted by Gasteiger charge is -2.29. The number of rotatable bonds is 10. The van der Waals surface area contributed by atoms with E-state index < -0.39 is 0 Å². The van der Waals surface area contributed by atoms with Gasteiger partial charge in [-0.05, 0) is 37.5 Å². The number of amides is 1. The van der Waals surface area contributed by atoms with Crippen LogP contribution in [0.3, 0.4) is 0 Å². The van der Waals surface area contributed by atoms with Crippen molar-refractivity contribution in [3.63, 3.8) is 0 Å². The summed E-state index contributed by atoms with van der Waals surface area (Å²) in [5, 5.41) is 0. The summed E-state index contributed by atoms with van der Waals surface area (Å²) in [4.78, 5) is 14.5. The third-order valence-electron chi connectivity index (χ3n) is 4.12. The molecular weight excluding hydrogens is 272 g/mol. The first-order chi connectivity index (χ1) is 9.72. The summed E-state index contributed by atoms with van der Waals surface area (Å²) in [5.41, 5.74) is 5.62. The van der Waals surface area contributed by atoms with E-state index in [9.17, 15) is 4.79 Å². The van der Waals surface area contributed by atoms with E-state index in [-0.39, 0.29) is 0 Å². The van der Waals surface area contributed by atoms with Gasteiger partial charge in [-0.2, -0.15) is 11.8 Å². The molecule has 1 saturated heterocycles. The second-order valence-electron chi connectivity index (χ2n) is 5.49. The van der Waals surface area contributed by atoms with E-state index in [1.807, 2.05) is 11.8 Å². The molecule has 5 heteroatoms. The molecule has 2 N–H and O–H groups in total. The van der Waals surface area contributed by atoms with Gasteiger partial charge in [-0.15, -0.1) is 0 Å². The van der Waals surface area contributed by atoms with Crippen LogP contribution in [0.25, 0.3) is 0 Å². The van der Waals surface area contributed by atoms with Crippen molar-refractivity contribution >= 4 is 17.7 Å². The first-order valence-corrected chi connectivity index (χ1v) is 8.94. The number of carbonyl (C=O) groups is 1. The van der Waals surface area contributed by atoms with Crippen LogP contribution in [0.15, 0.2) is 0 Å². The summed E-state index contributed by atoms with van der Waals surface area (Å²) in [6.45, 7) is 4.27. The molecule has 0 aromatic carbocycles. The maximum absolute atomic E-state index is 12.5. The van der Waals surface area contributed by atoms with E-state index in [4.69, 9.17) is 10.5 Å². The highest BCUT2D eigenvalue weighted by Gasteiger charge is 2.26. The Bertz CT molecular complexity index is 271. The number of methoxy groups -OCH3 is 1.